The first-order valence-electron chi connectivity index (χ1n) is 6.64. The van der Waals surface area contributed by atoms with Crippen molar-refractivity contribution in [3.63, 3.8) is 0 Å². The Bertz CT molecular complexity index is 393. The lowest BCUT2D eigenvalue weighted by Crippen LogP contribution is -2.35. The van der Waals surface area contributed by atoms with E-state index in [1.54, 1.807) is 11.9 Å². The molecule has 7 heteroatoms. The molecule has 1 atom stereocenters. The van der Waals surface area contributed by atoms with E-state index in [4.69, 9.17) is 4.42 Å². The molecule has 108 valence electrons. The number of amides is 1. The van der Waals surface area contributed by atoms with Crippen LogP contribution in [0.3, 0.4) is 0 Å². The Balaban J connectivity index is 2.68. The maximum atomic E-state index is 11.4. The molecule has 1 aromatic heterocycles. The number of hydrogen-bond donors (Lipinski definition) is 2. The molecule has 19 heavy (non-hydrogen) atoms. The van der Waals surface area contributed by atoms with Crippen LogP contribution in [0.5, 0.6) is 0 Å². The molecular formula is C12H23N5O2. The number of likely N-dealkylation sites (N-methyl/N-ethyl adjacent to an activating group) is 2. The fraction of sp³-hybridized carbons (Fsp3) is 0.750. The van der Waals surface area contributed by atoms with Crippen LogP contribution in [0, 0.1) is 0 Å². The van der Waals surface area contributed by atoms with Gasteiger partial charge in [-0.1, -0.05) is 12.0 Å². The minimum atomic E-state index is -0.0845. The van der Waals surface area contributed by atoms with Crippen LogP contribution in [-0.4, -0.2) is 42.8 Å². The molecule has 0 saturated carbocycles. The van der Waals surface area contributed by atoms with Crippen molar-refractivity contribution < 1.29 is 9.21 Å². The van der Waals surface area contributed by atoms with Crippen molar-refractivity contribution in [3.05, 3.63) is 5.89 Å². The summed E-state index contributed by atoms with van der Waals surface area (Å²) in [6.07, 6.45) is 1.04. The second-order valence-electron chi connectivity index (χ2n) is 4.29. The lowest BCUT2D eigenvalue weighted by atomic mass is 10.3. The fourth-order valence-corrected chi connectivity index (χ4v) is 1.54. The summed E-state index contributed by atoms with van der Waals surface area (Å²) in [5.41, 5.74) is 0. The maximum Gasteiger partial charge on any atom is 0.318 e. The second kappa shape index (κ2) is 7.73. The molecule has 0 aliphatic carbocycles. The van der Waals surface area contributed by atoms with Crippen LogP contribution in [0.1, 0.15) is 39.1 Å². The van der Waals surface area contributed by atoms with Crippen LogP contribution in [0.25, 0.3) is 0 Å². The highest BCUT2D eigenvalue weighted by molar-refractivity contribution is 5.80. The zero-order chi connectivity index (χ0) is 14.3. The largest absolute Gasteiger partial charge is 0.406 e. The lowest BCUT2D eigenvalue weighted by molar-refractivity contribution is -0.119. The molecule has 0 radical (unpaired) electrons. The van der Waals surface area contributed by atoms with Crippen molar-refractivity contribution in [1.29, 1.82) is 0 Å². The number of carbonyl (C=O) groups excluding carboxylic acids is 1. The summed E-state index contributed by atoms with van der Waals surface area (Å²) in [6, 6.07) is 0.395. The smallest absolute Gasteiger partial charge is 0.318 e. The first kappa shape index (κ1) is 15.4. The Labute approximate surface area is 113 Å². The third kappa shape index (κ3) is 4.51. The third-order valence-electron chi connectivity index (χ3n) is 2.77. The van der Waals surface area contributed by atoms with Gasteiger partial charge in [0.25, 0.3) is 0 Å². The number of anilines is 1. The summed E-state index contributed by atoms with van der Waals surface area (Å²) in [5, 5.41) is 13.9. The SMILES string of the molecule is CCCNC(C)c1nnc(N(CC)CC(=O)NC)o1. The predicted molar refractivity (Wildman–Crippen MR) is 73.0 cm³/mol. The molecule has 2 N–H and O–H groups in total. The second-order valence-corrected chi connectivity index (χ2v) is 4.29. The molecule has 0 aromatic carbocycles. The molecular weight excluding hydrogens is 246 g/mol. The van der Waals surface area contributed by atoms with E-state index < -0.39 is 0 Å². The molecule has 1 unspecified atom stereocenters. The van der Waals surface area contributed by atoms with Crippen LogP contribution in [-0.2, 0) is 4.79 Å². The minimum Gasteiger partial charge on any atom is -0.406 e. The monoisotopic (exact) mass is 269 g/mol. The zero-order valence-electron chi connectivity index (χ0n) is 12.1. The Hall–Kier alpha value is -1.63. The number of aromatic nitrogens is 2. The van der Waals surface area contributed by atoms with Crippen molar-refractivity contribution in [1.82, 2.24) is 20.8 Å². The van der Waals surface area contributed by atoms with Crippen molar-refractivity contribution in [3.8, 4) is 0 Å². The molecule has 0 fully saturated rings. The summed E-state index contributed by atoms with van der Waals surface area (Å²) in [4.78, 5) is 13.1. The molecule has 0 spiro atoms. The van der Waals surface area contributed by atoms with Crippen LogP contribution >= 0.6 is 0 Å². The maximum absolute atomic E-state index is 11.4. The predicted octanol–water partition coefficient (Wildman–Crippen LogP) is 0.702. The van der Waals surface area contributed by atoms with Gasteiger partial charge in [-0.2, -0.15) is 0 Å². The highest BCUT2D eigenvalue weighted by Gasteiger charge is 2.18. The van der Waals surface area contributed by atoms with Gasteiger partial charge in [0.05, 0.1) is 6.04 Å². The standard InChI is InChI=1S/C12H23N5O2/c1-5-7-14-9(3)11-15-16-12(19-11)17(6-2)8-10(18)13-4/h9,14H,5-8H2,1-4H3,(H,13,18). The van der Waals surface area contributed by atoms with Crippen LogP contribution in [0.2, 0.25) is 0 Å². The number of nitrogens with one attached hydrogen (secondary N) is 2. The molecule has 7 nitrogen and oxygen atoms in total. The summed E-state index contributed by atoms with van der Waals surface area (Å²) in [6.45, 7) is 7.75. The van der Waals surface area contributed by atoms with E-state index in [9.17, 15) is 4.79 Å². The van der Waals surface area contributed by atoms with Crippen molar-refractivity contribution in [2.75, 3.05) is 31.6 Å². The van der Waals surface area contributed by atoms with Gasteiger partial charge in [-0.05, 0) is 26.8 Å². The van der Waals surface area contributed by atoms with Crippen LogP contribution in [0.4, 0.5) is 6.01 Å². The number of rotatable bonds is 8. The molecule has 1 rings (SSSR count). The number of nitrogens with zero attached hydrogens (tertiary/aromatic N) is 3. The Morgan fingerprint density at radius 3 is 2.74 bits per heavy atom. The zero-order valence-corrected chi connectivity index (χ0v) is 12.1. The van der Waals surface area contributed by atoms with Crippen LogP contribution < -0.4 is 15.5 Å². The molecule has 0 saturated heterocycles. The number of hydrogen-bond acceptors (Lipinski definition) is 6. The highest BCUT2D eigenvalue weighted by atomic mass is 16.4. The summed E-state index contributed by atoms with van der Waals surface area (Å²) >= 11 is 0. The van der Waals surface area contributed by atoms with E-state index in [1.807, 2.05) is 13.8 Å². The van der Waals surface area contributed by atoms with E-state index in [0.717, 1.165) is 13.0 Å². The van der Waals surface area contributed by atoms with Crippen LogP contribution in [0.15, 0.2) is 4.42 Å². The molecule has 0 bridgehead atoms. The molecule has 1 amide bonds. The average molecular weight is 269 g/mol. The Morgan fingerprint density at radius 1 is 1.42 bits per heavy atom. The number of carbonyl (C=O) groups is 1. The molecule has 1 heterocycles. The minimum absolute atomic E-state index is 0.0138. The van der Waals surface area contributed by atoms with Gasteiger partial charge >= 0.3 is 6.01 Å². The van der Waals surface area contributed by atoms with Gasteiger partial charge in [0.1, 0.15) is 6.54 Å². The van der Waals surface area contributed by atoms with E-state index >= 15 is 0 Å². The Kier molecular flexibility index (Phi) is 6.27. The van der Waals surface area contributed by atoms with Crippen molar-refractivity contribution in [2.45, 2.75) is 33.2 Å². The van der Waals surface area contributed by atoms with E-state index in [-0.39, 0.29) is 18.5 Å². The van der Waals surface area contributed by atoms with Gasteiger partial charge in [0.2, 0.25) is 11.8 Å². The summed E-state index contributed by atoms with van der Waals surface area (Å²) < 4.78 is 5.60. The quantitative estimate of drug-likeness (QED) is 0.723. The van der Waals surface area contributed by atoms with Gasteiger partial charge in [-0.15, -0.1) is 5.10 Å². The summed E-state index contributed by atoms with van der Waals surface area (Å²) in [5.74, 6) is 0.456. The average Bonchev–Trinajstić information content (AvgIpc) is 2.91. The van der Waals surface area contributed by atoms with Gasteiger partial charge < -0.3 is 20.0 Å². The lowest BCUT2D eigenvalue weighted by Gasteiger charge is -2.16. The molecule has 1 aromatic rings. The van der Waals surface area contributed by atoms with E-state index in [1.165, 1.54) is 0 Å². The van der Waals surface area contributed by atoms with E-state index in [2.05, 4.69) is 27.8 Å². The summed E-state index contributed by atoms with van der Waals surface area (Å²) in [7, 11) is 1.60. The van der Waals surface area contributed by atoms with Crippen molar-refractivity contribution in [2.24, 2.45) is 0 Å². The van der Waals surface area contributed by atoms with Gasteiger partial charge in [0.15, 0.2) is 0 Å². The van der Waals surface area contributed by atoms with Gasteiger partial charge in [-0.3, -0.25) is 4.79 Å². The normalized spacial score (nSPS) is 12.2. The first-order valence-corrected chi connectivity index (χ1v) is 6.64. The van der Waals surface area contributed by atoms with E-state index in [0.29, 0.717) is 18.5 Å². The van der Waals surface area contributed by atoms with Gasteiger partial charge in [-0.25, -0.2) is 0 Å². The Morgan fingerprint density at radius 2 is 2.16 bits per heavy atom. The molecule has 0 aliphatic rings. The topological polar surface area (TPSA) is 83.3 Å². The molecule has 0 aliphatic heterocycles. The first-order chi connectivity index (χ1) is 9.12. The van der Waals surface area contributed by atoms with Gasteiger partial charge in [0, 0.05) is 13.6 Å². The highest BCUT2D eigenvalue weighted by Crippen LogP contribution is 2.16. The van der Waals surface area contributed by atoms with Crippen molar-refractivity contribution >= 4 is 11.9 Å². The third-order valence-corrected chi connectivity index (χ3v) is 2.77. The fourth-order valence-electron chi connectivity index (χ4n) is 1.54.